The molecule has 2 aromatic rings. The van der Waals surface area contributed by atoms with E-state index in [2.05, 4.69) is 22.1 Å². The summed E-state index contributed by atoms with van der Waals surface area (Å²) in [6.07, 6.45) is 1.70. The number of imide groups is 1. The summed E-state index contributed by atoms with van der Waals surface area (Å²) in [6.45, 7) is 5.05. The Morgan fingerprint density at radius 3 is 2.85 bits per heavy atom. The number of thioether (sulfide) groups is 1. The van der Waals surface area contributed by atoms with Crippen molar-refractivity contribution >= 4 is 46.9 Å². The lowest BCUT2D eigenvalue weighted by molar-refractivity contribution is -0.124. The van der Waals surface area contributed by atoms with Crippen LogP contribution in [-0.2, 0) is 11.3 Å². The Balaban J connectivity index is 1.82. The number of allylic oxidation sites excluding steroid dienone is 1. The van der Waals surface area contributed by atoms with E-state index in [-0.39, 0.29) is 17.7 Å². The molecule has 10 heteroatoms. The molecule has 3 amide bonds. The first-order valence-electron chi connectivity index (χ1n) is 7.71. The molecule has 0 spiro atoms. The van der Waals surface area contributed by atoms with Crippen molar-refractivity contribution in [2.24, 2.45) is 0 Å². The molecule has 1 aliphatic rings. The van der Waals surface area contributed by atoms with Gasteiger partial charge in [-0.2, -0.15) is 0 Å². The minimum atomic E-state index is -0.364. The van der Waals surface area contributed by atoms with Gasteiger partial charge in [-0.1, -0.05) is 41.0 Å². The van der Waals surface area contributed by atoms with E-state index in [1.54, 1.807) is 24.3 Å². The number of hydrogen-bond donors (Lipinski definition) is 1. The smallest absolute Gasteiger partial charge is 0.324 e. The quantitative estimate of drug-likeness (QED) is 0.583. The van der Waals surface area contributed by atoms with Crippen LogP contribution in [0.15, 0.2) is 36.0 Å². The van der Waals surface area contributed by atoms with Gasteiger partial charge in [0.25, 0.3) is 0 Å². The van der Waals surface area contributed by atoms with Crippen molar-refractivity contribution in [3.63, 3.8) is 0 Å². The van der Waals surface area contributed by atoms with E-state index >= 15 is 0 Å². The fourth-order valence-corrected chi connectivity index (χ4v) is 3.79. The average molecular weight is 412 g/mol. The van der Waals surface area contributed by atoms with E-state index < -0.39 is 0 Å². The molecular weight excluding hydrogens is 397 g/mol. The van der Waals surface area contributed by atoms with Gasteiger partial charge in [-0.15, -0.1) is 16.8 Å². The lowest BCUT2D eigenvalue weighted by Gasteiger charge is -2.12. The highest BCUT2D eigenvalue weighted by atomic mass is 35.5. The van der Waals surface area contributed by atoms with E-state index in [0.717, 1.165) is 0 Å². The SMILES string of the molecule is C=CCn1c(SCC(=O)N2CCNC2=O)nnc1-c1ccc(Cl)cc1Cl. The molecule has 1 N–H and O–H groups in total. The number of amides is 3. The summed E-state index contributed by atoms with van der Waals surface area (Å²) in [5.74, 6) is 0.362. The van der Waals surface area contributed by atoms with E-state index in [4.69, 9.17) is 23.2 Å². The van der Waals surface area contributed by atoms with Gasteiger partial charge < -0.3 is 5.32 Å². The van der Waals surface area contributed by atoms with Crippen LogP contribution in [-0.4, -0.2) is 50.4 Å². The molecule has 0 unspecified atom stereocenters. The van der Waals surface area contributed by atoms with Crippen LogP contribution < -0.4 is 5.32 Å². The maximum atomic E-state index is 12.2. The van der Waals surface area contributed by atoms with E-state index in [1.165, 1.54) is 16.7 Å². The van der Waals surface area contributed by atoms with Gasteiger partial charge in [-0.3, -0.25) is 14.3 Å². The molecule has 2 heterocycles. The molecule has 0 radical (unpaired) electrons. The third-order valence-corrected chi connectivity index (χ3v) is 5.18. The fourth-order valence-electron chi connectivity index (χ4n) is 2.47. The average Bonchev–Trinajstić information content (AvgIpc) is 3.20. The molecule has 3 rings (SSSR count). The standard InChI is InChI=1S/C16H15Cl2N5O2S/c1-2-6-23-14(11-4-3-10(17)8-12(11)18)20-21-16(23)26-9-13(24)22-7-5-19-15(22)25/h2-4,8H,1,5-7,9H2,(H,19,25). The zero-order valence-corrected chi connectivity index (χ0v) is 15.9. The van der Waals surface area contributed by atoms with E-state index in [1.807, 2.05) is 4.57 Å². The van der Waals surface area contributed by atoms with Crippen molar-refractivity contribution in [3.05, 3.63) is 40.9 Å². The lowest BCUT2D eigenvalue weighted by Crippen LogP contribution is -2.35. The second-order valence-electron chi connectivity index (χ2n) is 5.40. The number of hydrogen-bond acceptors (Lipinski definition) is 5. The Labute approximate surface area is 164 Å². The van der Waals surface area contributed by atoms with Gasteiger partial charge in [0.2, 0.25) is 5.91 Å². The molecule has 1 aliphatic heterocycles. The van der Waals surface area contributed by atoms with Gasteiger partial charge in [0.1, 0.15) is 0 Å². The summed E-state index contributed by atoms with van der Waals surface area (Å²) in [6, 6.07) is 4.76. The summed E-state index contributed by atoms with van der Waals surface area (Å²) in [5, 5.41) is 12.5. The summed E-state index contributed by atoms with van der Waals surface area (Å²) < 4.78 is 1.81. The van der Waals surface area contributed by atoms with Crippen LogP contribution in [0.3, 0.4) is 0 Å². The largest absolute Gasteiger partial charge is 0.336 e. The van der Waals surface area contributed by atoms with Gasteiger partial charge in [0, 0.05) is 30.2 Å². The van der Waals surface area contributed by atoms with Gasteiger partial charge >= 0.3 is 6.03 Å². The number of rotatable bonds is 6. The third-order valence-electron chi connectivity index (χ3n) is 3.68. The summed E-state index contributed by atoms with van der Waals surface area (Å²) in [7, 11) is 0. The Morgan fingerprint density at radius 2 is 2.19 bits per heavy atom. The molecule has 7 nitrogen and oxygen atoms in total. The molecule has 1 fully saturated rings. The Bertz CT molecular complexity index is 870. The number of urea groups is 1. The lowest BCUT2D eigenvalue weighted by atomic mass is 10.2. The molecular formula is C16H15Cl2N5O2S. The van der Waals surface area contributed by atoms with Crippen molar-refractivity contribution < 1.29 is 9.59 Å². The van der Waals surface area contributed by atoms with Crippen molar-refractivity contribution in [1.29, 1.82) is 0 Å². The Kier molecular flexibility index (Phi) is 5.85. The van der Waals surface area contributed by atoms with Crippen LogP contribution >= 0.6 is 35.0 Å². The predicted molar refractivity (Wildman–Crippen MR) is 102 cm³/mol. The molecule has 136 valence electrons. The summed E-state index contributed by atoms with van der Waals surface area (Å²) in [4.78, 5) is 25.0. The molecule has 1 aromatic heterocycles. The first-order valence-corrected chi connectivity index (χ1v) is 9.46. The number of nitrogens with one attached hydrogen (secondary N) is 1. The minimum Gasteiger partial charge on any atom is -0.336 e. The number of nitrogens with zero attached hydrogens (tertiary/aromatic N) is 4. The first kappa shape index (κ1) is 18.8. The second-order valence-corrected chi connectivity index (χ2v) is 7.18. The maximum Gasteiger partial charge on any atom is 0.324 e. The minimum absolute atomic E-state index is 0.0804. The Hall–Kier alpha value is -2.03. The summed E-state index contributed by atoms with van der Waals surface area (Å²) >= 11 is 13.4. The van der Waals surface area contributed by atoms with E-state index in [0.29, 0.717) is 46.2 Å². The Morgan fingerprint density at radius 1 is 1.38 bits per heavy atom. The molecule has 26 heavy (non-hydrogen) atoms. The molecule has 1 aromatic carbocycles. The molecule has 0 bridgehead atoms. The number of benzene rings is 1. The van der Waals surface area contributed by atoms with Crippen molar-refractivity contribution in [2.75, 3.05) is 18.8 Å². The van der Waals surface area contributed by atoms with Crippen LogP contribution in [0.25, 0.3) is 11.4 Å². The maximum absolute atomic E-state index is 12.2. The highest BCUT2D eigenvalue weighted by molar-refractivity contribution is 7.99. The van der Waals surface area contributed by atoms with Crippen molar-refractivity contribution in [3.8, 4) is 11.4 Å². The zero-order valence-electron chi connectivity index (χ0n) is 13.6. The second kappa shape index (κ2) is 8.11. The van der Waals surface area contributed by atoms with Crippen LogP contribution in [0.5, 0.6) is 0 Å². The highest BCUT2D eigenvalue weighted by Crippen LogP contribution is 2.31. The van der Waals surface area contributed by atoms with Crippen LogP contribution in [0.2, 0.25) is 10.0 Å². The normalized spacial score (nSPS) is 13.8. The number of aromatic nitrogens is 3. The molecule has 1 saturated heterocycles. The number of halogens is 2. The van der Waals surface area contributed by atoms with Crippen LogP contribution in [0.1, 0.15) is 0 Å². The van der Waals surface area contributed by atoms with E-state index in [9.17, 15) is 9.59 Å². The van der Waals surface area contributed by atoms with Crippen molar-refractivity contribution in [2.45, 2.75) is 11.7 Å². The molecule has 0 atom stereocenters. The molecule has 0 aliphatic carbocycles. The van der Waals surface area contributed by atoms with Crippen LogP contribution in [0.4, 0.5) is 4.79 Å². The van der Waals surface area contributed by atoms with Crippen molar-refractivity contribution in [1.82, 2.24) is 25.0 Å². The highest BCUT2D eigenvalue weighted by Gasteiger charge is 2.26. The monoisotopic (exact) mass is 411 g/mol. The number of carbonyl (C=O) groups excluding carboxylic acids is 2. The van der Waals surface area contributed by atoms with Gasteiger partial charge in [-0.05, 0) is 18.2 Å². The zero-order chi connectivity index (χ0) is 18.7. The van der Waals surface area contributed by atoms with Gasteiger partial charge in [0.05, 0.1) is 10.8 Å². The summed E-state index contributed by atoms with van der Waals surface area (Å²) in [5.41, 5.74) is 0.683. The topological polar surface area (TPSA) is 80.1 Å². The number of carbonyl (C=O) groups is 2. The van der Waals surface area contributed by atoms with Gasteiger partial charge in [0.15, 0.2) is 11.0 Å². The first-order chi connectivity index (χ1) is 12.5. The third kappa shape index (κ3) is 3.87. The predicted octanol–water partition coefficient (Wildman–Crippen LogP) is 3.08. The molecule has 0 saturated carbocycles. The van der Waals surface area contributed by atoms with Gasteiger partial charge in [-0.25, -0.2) is 4.79 Å². The fraction of sp³-hybridized carbons (Fsp3) is 0.250. The van der Waals surface area contributed by atoms with Crippen LogP contribution in [0, 0.1) is 0 Å².